The number of rotatable bonds is 7. The normalized spacial score (nSPS) is 31.7. The molecule has 7 atom stereocenters. The molecule has 0 spiro atoms. The first-order valence-electron chi connectivity index (χ1n) is 12.7. The van der Waals surface area contributed by atoms with Crippen molar-refractivity contribution in [2.75, 3.05) is 13.7 Å². The molecule has 0 aliphatic heterocycles. The maximum Gasteiger partial charge on any atom is 0.153 e. The van der Waals surface area contributed by atoms with Crippen LogP contribution >= 0.6 is 9.47 Å². The van der Waals surface area contributed by atoms with Crippen LogP contribution in [0, 0.1) is 29.1 Å². The van der Waals surface area contributed by atoms with Gasteiger partial charge in [0.2, 0.25) is 0 Å². The largest absolute Gasteiger partial charge is 0.496 e. The molecule has 5 unspecified atom stereocenters. The number of carbonyl (C=O) groups excluding carboxylic acids is 1. The molecule has 0 saturated heterocycles. The molecule has 34 heavy (non-hydrogen) atoms. The molecule has 2 fully saturated rings. The Morgan fingerprint density at radius 2 is 1.94 bits per heavy atom. The molecule has 3 aliphatic carbocycles. The van der Waals surface area contributed by atoms with Gasteiger partial charge in [0.1, 0.15) is 17.2 Å². The maximum atomic E-state index is 11.1. The summed E-state index contributed by atoms with van der Waals surface area (Å²) in [5.41, 5.74) is 4.03. The molecular weight excluding hydrogens is 443 g/mol. The Hall–Kier alpha value is -2.06. The van der Waals surface area contributed by atoms with Crippen molar-refractivity contribution in [3.8, 4) is 17.2 Å². The Labute approximate surface area is 206 Å². The van der Waals surface area contributed by atoms with Gasteiger partial charge in [-0.2, -0.15) is 0 Å². The van der Waals surface area contributed by atoms with Gasteiger partial charge >= 0.3 is 0 Å². The number of aldehydes is 1. The molecule has 4 nitrogen and oxygen atoms in total. The van der Waals surface area contributed by atoms with Crippen LogP contribution < -0.4 is 14.0 Å². The number of benzene rings is 2. The van der Waals surface area contributed by atoms with E-state index in [1.165, 1.54) is 31.2 Å². The molecule has 2 aromatic carbocycles. The average molecular weight is 481 g/mol. The third-order valence-corrected chi connectivity index (χ3v) is 9.72. The van der Waals surface area contributed by atoms with Crippen molar-refractivity contribution in [1.82, 2.24) is 0 Å². The van der Waals surface area contributed by atoms with Crippen molar-refractivity contribution >= 4 is 15.8 Å². The van der Waals surface area contributed by atoms with E-state index in [2.05, 4.69) is 41.5 Å². The van der Waals surface area contributed by atoms with Crippen molar-refractivity contribution in [2.45, 2.75) is 58.3 Å². The zero-order chi connectivity index (χ0) is 23.9. The summed E-state index contributed by atoms with van der Waals surface area (Å²) < 4.78 is 16.9. The van der Waals surface area contributed by atoms with E-state index in [-0.39, 0.29) is 0 Å². The standard InChI is InChI=1S/C29H37O4P/c1-18-14-20-15-23(33-34)7-8-24(20)25-10-12-29(2)21(5-9-26(29)28(18)25)11-13-32-22-6-4-19(17-30)27(16-22)31-3/h4,6-8,15-18,21,25-26,28H,5,9-14,34H2,1-3H3/t18-,21-,25?,26?,28?,29?/m1/s1. The van der Waals surface area contributed by atoms with E-state index < -0.39 is 0 Å². The Morgan fingerprint density at radius 3 is 2.71 bits per heavy atom. The van der Waals surface area contributed by atoms with Crippen LogP contribution in [0.1, 0.15) is 73.4 Å². The van der Waals surface area contributed by atoms with Gasteiger partial charge in [0, 0.05) is 6.07 Å². The second kappa shape index (κ2) is 9.53. The molecule has 3 aliphatic rings. The van der Waals surface area contributed by atoms with Crippen LogP contribution in [-0.4, -0.2) is 20.0 Å². The molecule has 0 aromatic heterocycles. The molecule has 5 rings (SSSR count). The number of hydrogen-bond donors (Lipinski definition) is 0. The summed E-state index contributed by atoms with van der Waals surface area (Å²) in [6, 6.07) is 12.2. The lowest BCUT2D eigenvalue weighted by atomic mass is 9.51. The van der Waals surface area contributed by atoms with Crippen molar-refractivity contribution in [3.63, 3.8) is 0 Å². The van der Waals surface area contributed by atoms with Crippen LogP contribution in [0.15, 0.2) is 36.4 Å². The highest BCUT2D eigenvalue weighted by Crippen LogP contribution is 2.64. The monoisotopic (exact) mass is 480 g/mol. The average Bonchev–Trinajstić information content (AvgIpc) is 3.19. The molecule has 0 bridgehead atoms. The fourth-order valence-corrected chi connectivity index (χ4v) is 7.96. The summed E-state index contributed by atoms with van der Waals surface area (Å²) in [4.78, 5) is 11.1. The predicted molar refractivity (Wildman–Crippen MR) is 138 cm³/mol. The fourth-order valence-electron chi connectivity index (χ4n) is 7.81. The Balaban J connectivity index is 1.27. The van der Waals surface area contributed by atoms with Gasteiger partial charge in [0.25, 0.3) is 0 Å². The zero-order valence-corrected chi connectivity index (χ0v) is 21.7. The molecule has 0 heterocycles. The lowest BCUT2D eigenvalue weighted by molar-refractivity contribution is 0.000928. The van der Waals surface area contributed by atoms with Crippen LogP contribution in [0.3, 0.4) is 0 Å². The second-order valence-electron chi connectivity index (χ2n) is 10.9. The molecule has 182 valence electrons. The van der Waals surface area contributed by atoms with Gasteiger partial charge in [-0.05, 0) is 109 Å². The van der Waals surface area contributed by atoms with E-state index in [1.807, 2.05) is 12.1 Å². The number of carbonyl (C=O) groups is 1. The summed E-state index contributed by atoms with van der Waals surface area (Å²) in [6.45, 7) is 5.76. The minimum Gasteiger partial charge on any atom is -0.496 e. The van der Waals surface area contributed by atoms with Crippen molar-refractivity contribution in [1.29, 1.82) is 0 Å². The van der Waals surface area contributed by atoms with Gasteiger partial charge in [0.05, 0.1) is 28.7 Å². The first kappa shape index (κ1) is 23.7. The highest BCUT2D eigenvalue weighted by molar-refractivity contribution is 7.10. The molecular formula is C29H37O4P. The summed E-state index contributed by atoms with van der Waals surface area (Å²) in [6.07, 6.45) is 8.31. The first-order chi connectivity index (χ1) is 16.5. The Bertz CT molecular complexity index is 1050. The molecule has 0 radical (unpaired) electrons. The third kappa shape index (κ3) is 4.02. The van der Waals surface area contributed by atoms with E-state index >= 15 is 0 Å². The van der Waals surface area contributed by atoms with Gasteiger partial charge in [-0.15, -0.1) is 0 Å². The second-order valence-corrected chi connectivity index (χ2v) is 11.2. The SMILES string of the molecule is COc1cc(OCC[C@H]2CCC3C4C(CCC32C)c2ccc(OP)cc2C[C@H]4C)ccc1C=O. The van der Waals surface area contributed by atoms with Gasteiger partial charge in [-0.1, -0.05) is 19.9 Å². The van der Waals surface area contributed by atoms with Crippen molar-refractivity contribution < 1.29 is 18.8 Å². The Morgan fingerprint density at radius 1 is 1.12 bits per heavy atom. The van der Waals surface area contributed by atoms with Crippen molar-refractivity contribution in [3.05, 3.63) is 53.1 Å². The number of fused-ring (bicyclic) bond motifs is 5. The van der Waals surface area contributed by atoms with Gasteiger partial charge in [-0.3, -0.25) is 4.79 Å². The lowest BCUT2D eigenvalue weighted by Gasteiger charge is -2.53. The minimum atomic E-state index is 0.401. The number of methoxy groups -OCH3 is 1. The minimum absolute atomic E-state index is 0.401. The van der Waals surface area contributed by atoms with Crippen LogP contribution in [0.2, 0.25) is 0 Å². The Kier molecular flexibility index (Phi) is 6.64. The highest BCUT2D eigenvalue weighted by Gasteiger charge is 2.55. The smallest absolute Gasteiger partial charge is 0.153 e. The first-order valence-corrected chi connectivity index (χ1v) is 13.2. The number of hydrogen-bond acceptors (Lipinski definition) is 4. The summed E-state index contributed by atoms with van der Waals surface area (Å²) in [5.74, 6) is 5.98. The van der Waals surface area contributed by atoms with Crippen LogP contribution in [0.4, 0.5) is 0 Å². The molecule has 2 saturated carbocycles. The highest BCUT2D eigenvalue weighted by atomic mass is 31.0. The zero-order valence-electron chi connectivity index (χ0n) is 20.6. The summed E-state index contributed by atoms with van der Waals surface area (Å²) >= 11 is 0. The molecule has 0 amide bonds. The number of ether oxygens (including phenoxy) is 2. The van der Waals surface area contributed by atoms with E-state index in [0.29, 0.717) is 41.1 Å². The van der Waals surface area contributed by atoms with Crippen LogP contribution in [0.5, 0.6) is 17.2 Å². The van der Waals surface area contributed by atoms with Crippen molar-refractivity contribution in [2.24, 2.45) is 29.1 Å². The molecule has 2 aromatic rings. The molecule has 0 N–H and O–H groups in total. The van der Waals surface area contributed by atoms with Gasteiger partial charge in [0.15, 0.2) is 6.29 Å². The summed E-state index contributed by atoms with van der Waals surface area (Å²) in [5, 5.41) is 0. The van der Waals surface area contributed by atoms with E-state index in [9.17, 15) is 4.79 Å². The van der Waals surface area contributed by atoms with Crippen LogP contribution in [-0.2, 0) is 6.42 Å². The summed E-state index contributed by atoms with van der Waals surface area (Å²) in [7, 11) is 3.96. The maximum absolute atomic E-state index is 11.1. The predicted octanol–water partition coefficient (Wildman–Crippen LogP) is 6.86. The van der Waals surface area contributed by atoms with Crippen LogP contribution in [0.25, 0.3) is 0 Å². The quantitative estimate of drug-likeness (QED) is 0.321. The topological polar surface area (TPSA) is 44.8 Å². The van der Waals surface area contributed by atoms with Gasteiger partial charge in [-0.25, -0.2) is 0 Å². The van der Waals surface area contributed by atoms with Gasteiger partial charge < -0.3 is 14.0 Å². The third-order valence-electron chi connectivity index (χ3n) is 9.44. The molecule has 5 heteroatoms. The van der Waals surface area contributed by atoms with E-state index in [1.54, 1.807) is 18.7 Å². The van der Waals surface area contributed by atoms with E-state index in [4.69, 9.17) is 14.0 Å². The van der Waals surface area contributed by atoms with E-state index in [0.717, 1.165) is 42.5 Å². The lowest BCUT2D eigenvalue weighted by Crippen LogP contribution is -2.45. The fraction of sp³-hybridized carbons (Fsp3) is 0.552.